The molecule has 0 saturated carbocycles. The van der Waals surface area contributed by atoms with Crippen LogP contribution >= 0.6 is 0 Å². The number of nitrogens with two attached hydrogens (primary N) is 1. The summed E-state index contributed by atoms with van der Waals surface area (Å²) in [5.74, 6) is 6.27. The van der Waals surface area contributed by atoms with Crippen LogP contribution in [0.25, 0.3) is 0 Å². The molecule has 0 aromatic heterocycles. The van der Waals surface area contributed by atoms with Gasteiger partial charge < -0.3 is 31.9 Å². The van der Waals surface area contributed by atoms with Crippen molar-refractivity contribution in [2.24, 2.45) is 15.8 Å². The molecule has 0 spiro atoms. The third-order valence-corrected chi connectivity index (χ3v) is 11.1. The fourth-order valence-corrected chi connectivity index (χ4v) is 9.97. The van der Waals surface area contributed by atoms with Crippen molar-refractivity contribution in [3.8, 4) is 0 Å². The smallest absolute Gasteiger partial charge is 0.369 e. The molecule has 1 aliphatic rings. The van der Waals surface area contributed by atoms with E-state index in [1.165, 1.54) is 5.01 Å². The second-order valence-electron chi connectivity index (χ2n) is 10.7. The Morgan fingerprint density at radius 1 is 0.757 bits per heavy atom. The second kappa shape index (κ2) is 15.0. The summed E-state index contributed by atoms with van der Waals surface area (Å²) < 4.78 is 38.9. The maximum absolute atomic E-state index is 6.71. The average molecular weight is 564 g/mol. The van der Waals surface area contributed by atoms with Gasteiger partial charge in [-0.05, 0) is 89.5 Å². The van der Waals surface area contributed by atoms with Crippen LogP contribution in [0.1, 0.15) is 96.4 Å². The first-order chi connectivity index (χ1) is 17.1. The van der Waals surface area contributed by atoms with Gasteiger partial charge in [-0.1, -0.05) is 6.92 Å². The minimum absolute atomic E-state index is 0.188. The molecule has 1 rings (SSSR count). The number of nitrogens with one attached hydrogen (secondary N) is 1. The van der Waals surface area contributed by atoms with Crippen molar-refractivity contribution >= 4 is 29.0 Å². The summed E-state index contributed by atoms with van der Waals surface area (Å²) in [4.78, 5) is 9.81. The van der Waals surface area contributed by atoms with Gasteiger partial charge in [0.2, 0.25) is 11.7 Å². The van der Waals surface area contributed by atoms with Gasteiger partial charge in [0.15, 0.2) is 5.46 Å². The maximum Gasteiger partial charge on any atom is 0.574 e. The van der Waals surface area contributed by atoms with Gasteiger partial charge in [0.1, 0.15) is 0 Å². The minimum atomic E-state index is -3.62. The monoisotopic (exact) mass is 563 g/mol. The van der Waals surface area contributed by atoms with Crippen molar-refractivity contribution in [1.82, 2.24) is 10.3 Å². The zero-order valence-corrected chi connectivity index (χ0v) is 27.3. The van der Waals surface area contributed by atoms with E-state index in [1.54, 1.807) is 0 Å². The van der Waals surface area contributed by atoms with Crippen LogP contribution in [-0.4, -0.2) is 83.0 Å². The number of guanidine groups is 1. The summed E-state index contributed by atoms with van der Waals surface area (Å²) in [6.07, 6.45) is -0.326. The Morgan fingerprint density at radius 2 is 1.14 bits per heavy atom. The van der Waals surface area contributed by atoms with Gasteiger partial charge in [0.05, 0.1) is 0 Å². The largest absolute Gasteiger partial charge is 0.574 e. The molecule has 0 aromatic carbocycles. The van der Waals surface area contributed by atoms with Gasteiger partial charge in [0, 0.05) is 43.2 Å². The lowest BCUT2D eigenvalue weighted by Crippen LogP contribution is -2.74. The van der Waals surface area contributed by atoms with E-state index < -0.39 is 23.4 Å². The first-order valence-electron chi connectivity index (χ1n) is 13.6. The fraction of sp³-hybridized carbons (Fsp3) is 0.917. The van der Waals surface area contributed by atoms with Gasteiger partial charge in [-0.3, -0.25) is 10.0 Å². The predicted octanol–water partition coefficient (Wildman–Crippen LogP) is 3.76. The van der Waals surface area contributed by atoms with Crippen LogP contribution in [0.2, 0.25) is 0 Å². The minimum Gasteiger partial charge on any atom is -0.369 e. The predicted molar refractivity (Wildman–Crippen MR) is 152 cm³/mol. The van der Waals surface area contributed by atoms with Crippen molar-refractivity contribution in [3.05, 3.63) is 0 Å². The summed E-state index contributed by atoms with van der Waals surface area (Å²) in [7, 11) is -7.22. The molecule has 0 saturated heterocycles. The molecule has 13 heteroatoms. The molecule has 3 N–H and O–H groups in total. The Labute approximate surface area is 227 Å². The number of hydrogen-bond acceptors (Lipinski definition) is 9. The van der Waals surface area contributed by atoms with E-state index in [0.29, 0.717) is 18.0 Å². The van der Waals surface area contributed by atoms with Crippen molar-refractivity contribution < 1.29 is 26.6 Å². The molecule has 0 fully saturated rings. The van der Waals surface area contributed by atoms with Crippen LogP contribution in [0.15, 0.2) is 9.98 Å². The number of hydrazine groups is 1. The molecule has 218 valence electrons. The number of amidine groups is 1. The molecule has 0 bridgehead atoms. The Hall–Kier alpha value is -0.906. The summed E-state index contributed by atoms with van der Waals surface area (Å²) in [6.45, 7) is 25.9. The van der Waals surface area contributed by atoms with Crippen LogP contribution in [0.5, 0.6) is 0 Å². The molecule has 0 aliphatic carbocycles. The van der Waals surface area contributed by atoms with Gasteiger partial charge in [-0.2, -0.15) is 0 Å². The summed E-state index contributed by atoms with van der Waals surface area (Å²) in [5.41, 5.74) is 0.411. The molecule has 11 nitrogen and oxygen atoms in total. The Kier molecular flexibility index (Phi) is 13.9. The van der Waals surface area contributed by atoms with Crippen LogP contribution in [0.3, 0.4) is 0 Å². The van der Waals surface area contributed by atoms with Crippen molar-refractivity contribution in [1.29, 1.82) is 0 Å². The van der Waals surface area contributed by atoms with E-state index in [1.807, 2.05) is 83.1 Å². The van der Waals surface area contributed by atoms with Crippen LogP contribution in [-0.2, 0) is 26.6 Å². The molecule has 37 heavy (non-hydrogen) atoms. The lowest BCUT2D eigenvalue weighted by molar-refractivity contribution is -0.0151. The Bertz CT molecular complexity index is 696. The molecule has 1 atom stereocenters. The summed E-state index contributed by atoms with van der Waals surface area (Å²) in [5, 5.41) is 4.76. The highest BCUT2D eigenvalue weighted by Gasteiger charge is 2.61. The zero-order chi connectivity index (χ0) is 28.6. The van der Waals surface area contributed by atoms with Crippen LogP contribution in [0.4, 0.5) is 0 Å². The highest BCUT2D eigenvalue weighted by atomic mass is 28.4. The lowest BCUT2D eigenvalue weighted by atomic mass is 10.5. The van der Waals surface area contributed by atoms with Gasteiger partial charge >= 0.3 is 17.6 Å². The van der Waals surface area contributed by atoms with Crippen molar-refractivity contribution in [3.63, 3.8) is 0 Å². The summed E-state index contributed by atoms with van der Waals surface area (Å²) >= 11 is 0. The van der Waals surface area contributed by atoms with E-state index in [9.17, 15) is 0 Å². The molecule has 0 aromatic rings. The maximum atomic E-state index is 6.71. The van der Waals surface area contributed by atoms with Gasteiger partial charge in [0.25, 0.3) is 0 Å². The summed E-state index contributed by atoms with van der Waals surface area (Å²) in [6, 6.07) is 0. The van der Waals surface area contributed by atoms with Gasteiger partial charge in [-0.15, -0.1) is 0 Å². The highest BCUT2D eigenvalue weighted by Crippen LogP contribution is 2.29. The highest BCUT2D eigenvalue weighted by molar-refractivity contribution is 6.94. The molecular weight excluding hydrogens is 510 g/mol. The number of nitrogens with zero attached hydrogens (tertiary/aromatic N) is 3. The van der Waals surface area contributed by atoms with Gasteiger partial charge in [-0.25, -0.2) is 10.8 Å². The van der Waals surface area contributed by atoms with Crippen molar-refractivity contribution in [2.45, 2.75) is 139 Å². The fourth-order valence-electron chi connectivity index (χ4n) is 3.68. The lowest BCUT2D eigenvalue weighted by Gasteiger charge is -2.45. The second-order valence-corrected chi connectivity index (χ2v) is 15.5. The number of hydrogen-bond donors (Lipinski definition) is 2. The van der Waals surface area contributed by atoms with Crippen LogP contribution < -0.4 is 11.2 Å². The average Bonchev–Trinajstić information content (AvgIpc) is 2.69. The molecule has 0 amide bonds. The van der Waals surface area contributed by atoms with E-state index in [-0.39, 0.29) is 36.6 Å². The number of rotatable bonds is 16. The van der Waals surface area contributed by atoms with E-state index >= 15 is 0 Å². The van der Waals surface area contributed by atoms with Crippen molar-refractivity contribution in [2.75, 3.05) is 6.54 Å². The Balaban J connectivity index is 3.98. The molecule has 0 radical (unpaired) electrons. The third-order valence-electron chi connectivity index (χ3n) is 4.45. The standard InChI is InChI=1S/C24H53N5O6Si2/c1-14-15-26-22-27-23(36(30-16(2)3,31-17(4)5)32-18(6)7)28-24(29(22)25)37(33-19(8)9,34-20(10)11)35-21(12)13/h16-21,24H,14-15,25H2,1-13H3,(H,26,27,28). The molecular formula is C24H53N5O6Si2. The van der Waals surface area contributed by atoms with Crippen LogP contribution in [0, 0.1) is 0 Å². The SMILES string of the molecule is CCCN=C1NC([Si](OC(C)C)(OC(C)C)OC(C)C)=NC([Si](OC(C)C)(OC(C)C)OC(C)C)N1N. The zero-order valence-electron chi connectivity index (χ0n) is 25.3. The Morgan fingerprint density at radius 3 is 1.46 bits per heavy atom. The third kappa shape index (κ3) is 10.3. The van der Waals surface area contributed by atoms with E-state index in [2.05, 4.69) is 12.2 Å². The molecule has 1 unspecified atom stereocenters. The quantitative estimate of drug-likeness (QED) is 0.213. The van der Waals surface area contributed by atoms with E-state index in [0.717, 1.165) is 6.42 Å². The first kappa shape index (κ1) is 34.1. The topological polar surface area (TPSA) is 121 Å². The van der Waals surface area contributed by atoms with E-state index in [4.69, 9.17) is 42.4 Å². The normalized spacial score (nSPS) is 18.8. The molecule has 1 aliphatic heterocycles. The molecule has 1 heterocycles. The number of aliphatic imine (C=N–C) groups is 2. The first-order valence-corrected chi connectivity index (χ1v) is 17.1.